The standard InChI is InChI=1S/C17H20N2O4/c1-18(14-9-12(10-14)17(22)23)16(21)11-4-6-13(7-5-11)19-8-2-3-15(19)20/h4-7,12,14H,2-3,8-10H2,1H3,(H,22,23). The lowest BCUT2D eigenvalue weighted by atomic mass is 9.79. The first-order valence-electron chi connectivity index (χ1n) is 7.88. The van der Waals surface area contributed by atoms with Crippen molar-refractivity contribution in [3.05, 3.63) is 29.8 Å². The summed E-state index contributed by atoms with van der Waals surface area (Å²) in [6.45, 7) is 0.727. The summed E-state index contributed by atoms with van der Waals surface area (Å²) >= 11 is 0. The summed E-state index contributed by atoms with van der Waals surface area (Å²) in [6.07, 6.45) is 2.47. The van der Waals surface area contributed by atoms with E-state index in [9.17, 15) is 14.4 Å². The van der Waals surface area contributed by atoms with Crippen molar-refractivity contribution in [2.45, 2.75) is 31.7 Å². The number of carboxylic acids is 1. The van der Waals surface area contributed by atoms with Crippen LogP contribution in [0.1, 0.15) is 36.0 Å². The number of hydrogen-bond donors (Lipinski definition) is 1. The summed E-state index contributed by atoms with van der Waals surface area (Å²) < 4.78 is 0. The van der Waals surface area contributed by atoms with Crippen molar-refractivity contribution in [3.8, 4) is 0 Å². The molecule has 2 fully saturated rings. The molecule has 0 atom stereocenters. The summed E-state index contributed by atoms with van der Waals surface area (Å²) in [5.74, 6) is -1.12. The van der Waals surface area contributed by atoms with Crippen molar-refractivity contribution < 1.29 is 19.5 Å². The normalized spacial score (nSPS) is 23.5. The summed E-state index contributed by atoms with van der Waals surface area (Å²) in [5, 5.41) is 8.91. The van der Waals surface area contributed by atoms with Crippen LogP contribution in [-0.2, 0) is 9.59 Å². The fraction of sp³-hybridized carbons (Fsp3) is 0.471. The van der Waals surface area contributed by atoms with Crippen LogP contribution < -0.4 is 4.90 Å². The Hall–Kier alpha value is -2.37. The predicted octanol–water partition coefficient (Wildman–Crippen LogP) is 1.75. The highest BCUT2D eigenvalue weighted by Crippen LogP contribution is 2.32. The molecule has 0 aromatic heterocycles. The number of carbonyl (C=O) groups is 3. The average Bonchev–Trinajstić information content (AvgIpc) is 2.90. The number of aliphatic carboxylic acids is 1. The Morgan fingerprint density at radius 2 is 1.87 bits per heavy atom. The van der Waals surface area contributed by atoms with Gasteiger partial charge in [0.25, 0.3) is 5.91 Å². The zero-order valence-corrected chi connectivity index (χ0v) is 13.1. The number of amides is 2. The lowest BCUT2D eigenvalue weighted by molar-refractivity contribution is -0.146. The van der Waals surface area contributed by atoms with Crippen molar-refractivity contribution in [1.82, 2.24) is 4.90 Å². The number of carbonyl (C=O) groups excluding carboxylic acids is 2. The molecule has 1 aromatic rings. The molecule has 0 spiro atoms. The van der Waals surface area contributed by atoms with Crippen molar-refractivity contribution >= 4 is 23.5 Å². The van der Waals surface area contributed by atoms with Gasteiger partial charge in [-0.25, -0.2) is 0 Å². The summed E-state index contributed by atoms with van der Waals surface area (Å²) in [6, 6.07) is 7.04. The third kappa shape index (κ3) is 2.93. The lowest BCUT2D eigenvalue weighted by Crippen LogP contribution is -2.47. The van der Waals surface area contributed by atoms with Gasteiger partial charge in [-0.15, -0.1) is 0 Å². The monoisotopic (exact) mass is 316 g/mol. The van der Waals surface area contributed by atoms with Crippen molar-refractivity contribution in [2.24, 2.45) is 5.92 Å². The van der Waals surface area contributed by atoms with Gasteiger partial charge in [0, 0.05) is 37.3 Å². The molecule has 1 saturated heterocycles. The van der Waals surface area contributed by atoms with E-state index < -0.39 is 5.97 Å². The smallest absolute Gasteiger partial charge is 0.306 e. The number of carboxylic acid groups (broad SMARTS) is 1. The quantitative estimate of drug-likeness (QED) is 0.918. The Bertz CT molecular complexity index is 634. The first-order chi connectivity index (χ1) is 11.0. The molecule has 6 heteroatoms. The Kier molecular flexibility index (Phi) is 4.07. The molecule has 2 amide bonds. The number of rotatable bonds is 4. The predicted molar refractivity (Wildman–Crippen MR) is 84.3 cm³/mol. The fourth-order valence-corrected chi connectivity index (χ4v) is 3.18. The molecule has 1 saturated carbocycles. The number of hydrogen-bond acceptors (Lipinski definition) is 3. The molecule has 122 valence electrons. The maximum atomic E-state index is 12.5. The van der Waals surface area contributed by atoms with Gasteiger partial charge in [-0.2, -0.15) is 0 Å². The fourth-order valence-electron chi connectivity index (χ4n) is 3.18. The number of benzene rings is 1. The molecule has 0 radical (unpaired) electrons. The van der Waals surface area contributed by atoms with Crippen LogP contribution >= 0.6 is 0 Å². The van der Waals surface area contributed by atoms with Crippen molar-refractivity contribution in [2.75, 3.05) is 18.5 Å². The zero-order valence-electron chi connectivity index (χ0n) is 13.1. The van der Waals surface area contributed by atoms with Gasteiger partial charge in [0.05, 0.1) is 5.92 Å². The van der Waals surface area contributed by atoms with Crippen LogP contribution in [0.2, 0.25) is 0 Å². The third-order valence-electron chi connectivity index (χ3n) is 4.83. The molecule has 1 N–H and O–H groups in total. The molecule has 0 bridgehead atoms. The van der Waals surface area contributed by atoms with Crippen LogP contribution in [-0.4, -0.2) is 47.4 Å². The van der Waals surface area contributed by atoms with Gasteiger partial charge in [0.1, 0.15) is 0 Å². The van der Waals surface area contributed by atoms with Crippen LogP contribution in [0.25, 0.3) is 0 Å². The molecule has 1 heterocycles. The van der Waals surface area contributed by atoms with Crippen LogP contribution in [0, 0.1) is 5.92 Å². The maximum Gasteiger partial charge on any atom is 0.306 e. The van der Waals surface area contributed by atoms with Gasteiger partial charge in [-0.1, -0.05) is 0 Å². The number of anilines is 1. The molecule has 23 heavy (non-hydrogen) atoms. The second kappa shape index (κ2) is 6.02. The van der Waals surface area contributed by atoms with E-state index >= 15 is 0 Å². The topological polar surface area (TPSA) is 77.9 Å². The van der Waals surface area contributed by atoms with Crippen molar-refractivity contribution in [1.29, 1.82) is 0 Å². The highest BCUT2D eigenvalue weighted by Gasteiger charge is 2.38. The van der Waals surface area contributed by atoms with Gasteiger partial charge >= 0.3 is 5.97 Å². The molecule has 2 aliphatic rings. The minimum Gasteiger partial charge on any atom is -0.481 e. The van der Waals surface area contributed by atoms with E-state index in [0.29, 0.717) is 24.8 Å². The van der Waals surface area contributed by atoms with Gasteiger partial charge in [0.2, 0.25) is 5.91 Å². The van der Waals surface area contributed by atoms with Crippen LogP contribution in [0.5, 0.6) is 0 Å². The largest absolute Gasteiger partial charge is 0.481 e. The zero-order chi connectivity index (χ0) is 16.6. The van der Waals surface area contributed by atoms with E-state index in [4.69, 9.17) is 5.11 Å². The molecular formula is C17H20N2O4. The second-order valence-electron chi connectivity index (χ2n) is 6.27. The minimum atomic E-state index is -0.790. The van der Waals surface area contributed by atoms with E-state index in [1.165, 1.54) is 0 Å². The molecule has 3 rings (SSSR count). The lowest BCUT2D eigenvalue weighted by Gasteiger charge is -2.39. The highest BCUT2D eigenvalue weighted by molar-refractivity contribution is 5.97. The molecule has 6 nitrogen and oxygen atoms in total. The first kappa shape index (κ1) is 15.5. The molecule has 1 aliphatic carbocycles. The van der Waals surface area contributed by atoms with E-state index in [1.54, 1.807) is 41.1 Å². The average molecular weight is 316 g/mol. The Morgan fingerprint density at radius 3 is 2.39 bits per heavy atom. The Balaban J connectivity index is 1.64. The van der Waals surface area contributed by atoms with Gasteiger partial charge < -0.3 is 14.9 Å². The molecular weight excluding hydrogens is 296 g/mol. The van der Waals surface area contributed by atoms with Crippen LogP contribution in [0.4, 0.5) is 5.69 Å². The van der Waals surface area contributed by atoms with Crippen LogP contribution in [0.15, 0.2) is 24.3 Å². The van der Waals surface area contributed by atoms with E-state index in [-0.39, 0.29) is 23.8 Å². The van der Waals surface area contributed by atoms with Gasteiger partial charge in [0.15, 0.2) is 0 Å². The van der Waals surface area contributed by atoms with Crippen molar-refractivity contribution in [3.63, 3.8) is 0 Å². The summed E-state index contributed by atoms with van der Waals surface area (Å²) in [4.78, 5) is 38.4. The van der Waals surface area contributed by atoms with E-state index in [0.717, 1.165) is 18.7 Å². The molecule has 1 aromatic carbocycles. The maximum absolute atomic E-state index is 12.5. The Labute approximate surface area is 134 Å². The Morgan fingerprint density at radius 1 is 1.22 bits per heavy atom. The molecule has 0 unspecified atom stereocenters. The summed E-state index contributed by atoms with van der Waals surface area (Å²) in [7, 11) is 1.71. The van der Waals surface area contributed by atoms with E-state index in [1.807, 2.05) is 0 Å². The third-order valence-corrected chi connectivity index (χ3v) is 4.83. The molecule has 1 aliphatic heterocycles. The number of nitrogens with zero attached hydrogens (tertiary/aromatic N) is 2. The first-order valence-corrected chi connectivity index (χ1v) is 7.88. The van der Waals surface area contributed by atoms with Crippen LogP contribution in [0.3, 0.4) is 0 Å². The SMILES string of the molecule is CN(C(=O)c1ccc(N2CCCC2=O)cc1)C1CC(C(=O)O)C1. The second-order valence-corrected chi connectivity index (χ2v) is 6.27. The minimum absolute atomic E-state index is 0.0107. The van der Waals surface area contributed by atoms with Gasteiger partial charge in [-0.05, 0) is 43.5 Å². The summed E-state index contributed by atoms with van der Waals surface area (Å²) in [5.41, 5.74) is 1.38. The van der Waals surface area contributed by atoms with Gasteiger partial charge in [-0.3, -0.25) is 14.4 Å². The van der Waals surface area contributed by atoms with E-state index in [2.05, 4.69) is 0 Å². The highest BCUT2D eigenvalue weighted by atomic mass is 16.4.